The number of aliphatic hydroxyl groups is 1. The average Bonchev–Trinajstić information content (AvgIpc) is 3.29. The highest BCUT2D eigenvalue weighted by atomic mass is 35.5. The SMILES string of the molecule is CC[C@H]1CC[C@H](O)c2nccc(OC[C@H](C)C[C@H]3Cc4ccccc4C34CCC(Nc3cccc(Cl)c3)(C(=O)O)CC4)c21. The van der Waals surface area contributed by atoms with Crippen LogP contribution in [0.4, 0.5) is 5.69 Å². The first-order valence-electron chi connectivity index (χ1n) is 15.9. The Bertz CT molecular complexity index is 1470. The van der Waals surface area contributed by atoms with E-state index in [0.29, 0.717) is 42.2 Å². The molecule has 1 spiro atoms. The summed E-state index contributed by atoms with van der Waals surface area (Å²) in [5, 5.41) is 25.0. The molecule has 3 aliphatic carbocycles. The lowest BCUT2D eigenvalue weighted by Gasteiger charge is -2.47. The molecule has 1 fully saturated rings. The number of aliphatic hydroxyl groups excluding tert-OH is 1. The summed E-state index contributed by atoms with van der Waals surface area (Å²) in [5.74, 6) is 1.15. The minimum absolute atomic E-state index is 0.0485. The van der Waals surface area contributed by atoms with Gasteiger partial charge in [0.25, 0.3) is 0 Å². The normalized spacial score (nSPS) is 28.6. The summed E-state index contributed by atoms with van der Waals surface area (Å²) in [6.45, 7) is 5.05. The number of fused-ring (bicyclic) bond motifs is 3. The van der Waals surface area contributed by atoms with Gasteiger partial charge in [0.1, 0.15) is 11.3 Å². The zero-order chi connectivity index (χ0) is 30.2. The second-order valence-corrected chi connectivity index (χ2v) is 13.6. The summed E-state index contributed by atoms with van der Waals surface area (Å²) < 4.78 is 6.50. The Morgan fingerprint density at radius 3 is 2.65 bits per heavy atom. The predicted molar refractivity (Wildman–Crippen MR) is 170 cm³/mol. The number of aliphatic carboxylic acids is 1. The van der Waals surface area contributed by atoms with E-state index >= 15 is 0 Å². The van der Waals surface area contributed by atoms with Crippen molar-refractivity contribution in [2.75, 3.05) is 11.9 Å². The molecule has 6 rings (SSSR count). The summed E-state index contributed by atoms with van der Waals surface area (Å²) in [6.07, 6.45) is 8.69. The van der Waals surface area contributed by atoms with E-state index in [1.807, 2.05) is 18.2 Å². The van der Waals surface area contributed by atoms with Crippen LogP contribution < -0.4 is 10.1 Å². The first-order valence-corrected chi connectivity index (χ1v) is 16.3. The molecule has 3 aliphatic rings. The quantitative estimate of drug-likeness (QED) is 0.229. The van der Waals surface area contributed by atoms with Gasteiger partial charge in [-0.3, -0.25) is 4.98 Å². The molecule has 3 N–H and O–H groups in total. The van der Waals surface area contributed by atoms with Gasteiger partial charge < -0.3 is 20.3 Å². The Labute approximate surface area is 259 Å². The fourth-order valence-corrected chi connectivity index (χ4v) is 8.51. The Hall–Kier alpha value is -3.09. The molecule has 0 amide bonds. The lowest BCUT2D eigenvalue weighted by atomic mass is 9.59. The van der Waals surface area contributed by atoms with E-state index in [9.17, 15) is 15.0 Å². The van der Waals surface area contributed by atoms with Gasteiger partial charge in [0.2, 0.25) is 0 Å². The highest BCUT2D eigenvalue weighted by Gasteiger charge is 2.54. The molecular weight excluding hydrogens is 560 g/mol. The molecule has 2 aromatic carbocycles. The fraction of sp³-hybridized carbons (Fsp3) is 0.500. The van der Waals surface area contributed by atoms with Crippen LogP contribution in [0.15, 0.2) is 60.8 Å². The Balaban J connectivity index is 1.19. The number of carboxylic acid groups (broad SMARTS) is 1. The minimum atomic E-state index is -1.02. The molecule has 1 heterocycles. The highest BCUT2D eigenvalue weighted by Crippen LogP contribution is 2.56. The maximum Gasteiger partial charge on any atom is 0.329 e. The van der Waals surface area contributed by atoms with Gasteiger partial charge in [0.15, 0.2) is 0 Å². The summed E-state index contributed by atoms with van der Waals surface area (Å²) in [4.78, 5) is 17.2. The zero-order valence-electron chi connectivity index (χ0n) is 25.2. The topological polar surface area (TPSA) is 91.7 Å². The van der Waals surface area contributed by atoms with E-state index in [-0.39, 0.29) is 5.41 Å². The standard InChI is InChI=1S/C36H43ClN2O4/c1-3-24-11-12-30(40)33-32(24)31(13-18-38-33)43-22-23(2)19-26-20-25-7-4-5-10-29(25)35(26)14-16-36(17-15-35,34(41)42)39-28-9-6-8-27(37)21-28/h4-10,13,18,21,23-24,26,30,39-40H,3,11-12,14-17,19-20,22H2,1-2H3,(H,41,42)/t23-,24+,26+,30+,35?,36?/m1/s1. The summed E-state index contributed by atoms with van der Waals surface area (Å²) in [5.41, 5.74) is 4.35. The summed E-state index contributed by atoms with van der Waals surface area (Å²) in [6, 6.07) is 18.1. The molecule has 7 heteroatoms. The van der Waals surface area contributed by atoms with Crippen LogP contribution in [0.25, 0.3) is 0 Å². The van der Waals surface area contributed by atoms with Gasteiger partial charge in [-0.15, -0.1) is 0 Å². The van der Waals surface area contributed by atoms with Crippen LogP contribution in [0.5, 0.6) is 5.75 Å². The number of aromatic nitrogens is 1. The Kier molecular flexibility index (Phi) is 8.45. The van der Waals surface area contributed by atoms with Crippen LogP contribution in [0, 0.1) is 11.8 Å². The number of benzene rings is 2. The monoisotopic (exact) mass is 602 g/mol. The number of hydrogen-bond donors (Lipinski definition) is 3. The third-order valence-electron chi connectivity index (χ3n) is 10.6. The van der Waals surface area contributed by atoms with Crippen LogP contribution in [-0.4, -0.2) is 33.3 Å². The van der Waals surface area contributed by atoms with E-state index < -0.39 is 17.6 Å². The number of ether oxygens (including phenoxy) is 1. The average molecular weight is 603 g/mol. The van der Waals surface area contributed by atoms with Gasteiger partial charge in [-0.25, -0.2) is 4.79 Å². The van der Waals surface area contributed by atoms with Crippen LogP contribution >= 0.6 is 11.6 Å². The fourth-order valence-electron chi connectivity index (χ4n) is 8.32. The molecule has 1 aromatic heterocycles. The van der Waals surface area contributed by atoms with Crippen molar-refractivity contribution in [2.45, 2.75) is 94.6 Å². The number of nitrogens with one attached hydrogen (secondary N) is 1. The first-order chi connectivity index (χ1) is 20.7. The van der Waals surface area contributed by atoms with E-state index in [2.05, 4.69) is 48.4 Å². The van der Waals surface area contributed by atoms with Gasteiger partial charge in [-0.1, -0.05) is 55.8 Å². The summed E-state index contributed by atoms with van der Waals surface area (Å²) >= 11 is 6.22. The van der Waals surface area contributed by atoms with E-state index in [4.69, 9.17) is 16.3 Å². The van der Waals surface area contributed by atoms with Crippen LogP contribution in [0.1, 0.15) is 99.6 Å². The van der Waals surface area contributed by atoms with Gasteiger partial charge in [0, 0.05) is 22.5 Å². The molecular formula is C36H43ClN2O4. The minimum Gasteiger partial charge on any atom is -0.493 e. The molecule has 1 saturated carbocycles. The van der Waals surface area contributed by atoms with Crippen molar-refractivity contribution in [3.63, 3.8) is 0 Å². The highest BCUT2D eigenvalue weighted by molar-refractivity contribution is 6.30. The van der Waals surface area contributed by atoms with Gasteiger partial charge in [-0.2, -0.15) is 0 Å². The molecule has 0 bridgehead atoms. The Morgan fingerprint density at radius 2 is 1.91 bits per heavy atom. The molecule has 0 aliphatic heterocycles. The second kappa shape index (κ2) is 12.1. The van der Waals surface area contributed by atoms with Crippen molar-refractivity contribution in [2.24, 2.45) is 11.8 Å². The van der Waals surface area contributed by atoms with Crippen molar-refractivity contribution < 1.29 is 19.7 Å². The van der Waals surface area contributed by atoms with Crippen LogP contribution in [-0.2, 0) is 16.6 Å². The molecule has 3 aromatic rings. The maximum atomic E-state index is 12.7. The van der Waals surface area contributed by atoms with Crippen LogP contribution in [0.3, 0.4) is 0 Å². The number of anilines is 1. The van der Waals surface area contributed by atoms with Crippen LogP contribution in [0.2, 0.25) is 5.02 Å². The molecule has 4 atom stereocenters. The van der Waals surface area contributed by atoms with E-state index in [0.717, 1.165) is 67.6 Å². The number of pyridine rings is 1. The van der Waals surface area contributed by atoms with E-state index in [1.165, 1.54) is 11.1 Å². The number of rotatable bonds is 9. The lowest BCUT2D eigenvalue weighted by Crippen LogP contribution is -2.53. The van der Waals surface area contributed by atoms with Gasteiger partial charge in [-0.05, 0) is 116 Å². The summed E-state index contributed by atoms with van der Waals surface area (Å²) in [7, 11) is 0. The van der Waals surface area contributed by atoms with Crippen molar-refractivity contribution in [3.05, 3.63) is 88.2 Å². The first kappa shape index (κ1) is 30.0. The number of hydrogen-bond acceptors (Lipinski definition) is 5. The number of nitrogens with zero attached hydrogens (tertiary/aromatic N) is 1. The smallest absolute Gasteiger partial charge is 0.329 e. The molecule has 0 saturated heterocycles. The zero-order valence-corrected chi connectivity index (χ0v) is 25.9. The molecule has 0 unspecified atom stereocenters. The van der Waals surface area contributed by atoms with Crippen molar-refractivity contribution >= 4 is 23.3 Å². The molecule has 228 valence electrons. The maximum absolute atomic E-state index is 12.7. The molecule has 6 nitrogen and oxygen atoms in total. The third kappa shape index (κ3) is 5.64. The molecule has 43 heavy (non-hydrogen) atoms. The van der Waals surface area contributed by atoms with Crippen molar-refractivity contribution in [1.29, 1.82) is 0 Å². The van der Waals surface area contributed by atoms with E-state index in [1.54, 1.807) is 18.3 Å². The Morgan fingerprint density at radius 1 is 1.12 bits per heavy atom. The molecule has 0 radical (unpaired) electrons. The second-order valence-electron chi connectivity index (χ2n) is 13.2. The third-order valence-corrected chi connectivity index (χ3v) is 10.8. The van der Waals surface area contributed by atoms with Crippen molar-refractivity contribution in [3.8, 4) is 5.75 Å². The van der Waals surface area contributed by atoms with Crippen molar-refractivity contribution in [1.82, 2.24) is 4.98 Å². The predicted octanol–water partition coefficient (Wildman–Crippen LogP) is 8.08. The number of carbonyl (C=O) groups is 1. The largest absolute Gasteiger partial charge is 0.493 e. The van der Waals surface area contributed by atoms with Gasteiger partial charge in [0.05, 0.1) is 18.4 Å². The number of carboxylic acids is 1. The number of halogens is 1. The lowest BCUT2D eigenvalue weighted by molar-refractivity contribution is -0.144. The van der Waals surface area contributed by atoms with Gasteiger partial charge >= 0.3 is 5.97 Å².